The number of hydrogen-bond acceptors (Lipinski definition) is 4. The van der Waals surface area contributed by atoms with E-state index in [1.54, 1.807) is 6.92 Å². The fraction of sp³-hybridized carbons (Fsp3) is 0.800. The maximum atomic E-state index is 10.4. The maximum absolute atomic E-state index is 10.4. The van der Waals surface area contributed by atoms with Crippen LogP contribution in [0.2, 0.25) is 0 Å². The molecule has 0 saturated heterocycles. The van der Waals surface area contributed by atoms with Gasteiger partial charge in [0.2, 0.25) is 0 Å². The Kier molecular flexibility index (Phi) is 15.6. The van der Waals surface area contributed by atoms with Gasteiger partial charge < -0.3 is 10.5 Å². The Labute approximate surface area is 78.7 Å². The Morgan fingerprint density at radius 3 is 2.36 bits per heavy atom. The number of esters is 1. The van der Waals surface area contributed by atoms with Crippen LogP contribution >= 0.6 is 24.8 Å². The van der Waals surface area contributed by atoms with Gasteiger partial charge in [-0.2, -0.15) is 0 Å². The van der Waals surface area contributed by atoms with Crippen molar-refractivity contribution < 1.29 is 9.53 Å². The molecule has 4 nitrogen and oxygen atoms in total. The van der Waals surface area contributed by atoms with Gasteiger partial charge in [-0.05, 0) is 6.92 Å². The number of rotatable bonds is 3. The van der Waals surface area contributed by atoms with Gasteiger partial charge in [0.25, 0.3) is 0 Å². The summed E-state index contributed by atoms with van der Waals surface area (Å²) < 4.78 is 4.34. The standard InChI is InChI=1S/C5H12N2O2.2ClH/c1-4(6)7-3-5(8)9-2;;/h4,7H,3,6H2,1-2H3;2*1H. The summed E-state index contributed by atoms with van der Waals surface area (Å²) in [7, 11) is 1.34. The monoisotopic (exact) mass is 204 g/mol. The van der Waals surface area contributed by atoms with Gasteiger partial charge in [-0.25, -0.2) is 0 Å². The van der Waals surface area contributed by atoms with E-state index < -0.39 is 0 Å². The summed E-state index contributed by atoms with van der Waals surface area (Å²) in [5.41, 5.74) is 5.28. The molecule has 0 aliphatic carbocycles. The second kappa shape index (κ2) is 9.97. The Hall–Kier alpha value is -0.0300. The summed E-state index contributed by atoms with van der Waals surface area (Å²) in [6, 6.07) is 0. The molecule has 0 aromatic carbocycles. The Balaban J connectivity index is -0.000000320. The third-order valence-corrected chi connectivity index (χ3v) is 0.796. The van der Waals surface area contributed by atoms with Gasteiger partial charge in [0.05, 0.1) is 19.8 Å². The van der Waals surface area contributed by atoms with Crippen molar-refractivity contribution >= 4 is 30.8 Å². The van der Waals surface area contributed by atoms with E-state index in [-0.39, 0.29) is 43.5 Å². The number of carbonyl (C=O) groups is 1. The van der Waals surface area contributed by atoms with Crippen LogP contribution in [-0.4, -0.2) is 25.8 Å². The molecule has 3 N–H and O–H groups in total. The highest BCUT2D eigenvalue weighted by molar-refractivity contribution is 5.85. The molecular formula is C5H14Cl2N2O2. The number of nitrogens with one attached hydrogen (secondary N) is 1. The predicted octanol–water partition coefficient (Wildman–Crippen LogP) is -0.103. The molecular weight excluding hydrogens is 191 g/mol. The lowest BCUT2D eigenvalue weighted by molar-refractivity contribution is -0.139. The molecule has 0 aliphatic rings. The Morgan fingerprint density at radius 1 is 1.64 bits per heavy atom. The van der Waals surface area contributed by atoms with Crippen molar-refractivity contribution in [1.82, 2.24) is 5.32 Å². The van der Waals surface area contributed by atoms with Crippen LogP contribution in [-0.2, 0) is 9.53 Å². The molecule has 0 spiro atoms. The maximum Gasteiger partial charge on any atom is 0.319 e. The number of halogens is 2. The second-order valence-electron chi connectivity index (χ2n) is 1.75. The van der Waals surface area contributed by atoms with Crippen LogP contribution in [0.1, 0.15) is 6.92 Å². The molecule has 1 unspecified atom stereocenters. The van der Waals surface area contributed by atoms with Gasteiger partial charge in [0.15, 0.2) is 0 Å². The van der Waals surface area contributed by atoms with E-state index in [1.165, 1.54) is 7.11 Å². The lowest BCUT2D eigenvalue weighted by Crippen LogP contribution is -2.38. The molecule has 0 bridgehead atoms. The molecule has 0 rings (SSSR count). The topological polar surface area (TPSA) is 64.3 Å². The third kappa shape index (κ3) is 13.0. The summed E-state index contributed by atoms with van der Waals surface area (Å²) in [6.07, 6.45) is -0.163. The van der Waals surface area contributed by atoms with E-state index in [2.05, 4.69) is 10.1 Å². The lowest BCUT2D eigenvalue weighted by atomic mass is 10.5. The van der Waals surface area contributed by atoms with E-state index in [0.717, 1.165) is 0 Å². The molecule has 0 amide bonds. The zero-order valence-electron chi connectivity index (χ0n) is 6.49. The van der Waals surface area contributed by atoms with Gasteiger partial charge in [-0.1, -0.05) is 0 Å². The number of ether oxygens (including phenoxy) is 1. The average molecular weight is 205 g/mol. The first-order valence-corrected chi connectivity index (χ1v) is 2.72. The molecule has 0 saturated carbocycles. The molecule has 11 heavy (non-hydrogen) atoms. The summed E-state index contributed by atoms with van der Waals surface area (Å²) in [4.78, 5) is 10.4. The van der Waals surface area contributed by atoms with Crippen molar-refractivity contribution in [2.24, 2.45) is 5.73 Å². The van der Waals surface area contributed by atoms with Crippen LogP contribution in [0.25, 0.3) is 0 Å². The molecule has 0 fully saturated rings. The fourth-order valence-corrected chi connectivity index (χ4v) is 0.316. The van der Waals surface area contributed by atoms with Crippen LogP contribution in [0, 0.1) is 0 Å². The van der Waals surface area contributed by atoms with E-state index in [1.807, 2.05) is 0 Å². The first-order chi connectivity index (χ1) is 4.16. The SMILES string of the molecule is COC(=O)CNC(C)N.Cl.Cl. The van der Waals surface area contributed by atoms with Crippen molar-refractivity contribution in [3.05, 3.63) is 0 Å². The Morgan fingerprint density at radius 2 is 2.09 bits per heavy atom. The molecule has 6 heteroatoms. The van der Waals surface area contributed by atoms with Crippen LogP contribution < -0.4 is 11.1 Å². The zero-order chi connectivity index (χ0) is 7.28. The van der Waals surface area contributed by atoms with Crippen LogP contribution in [0.4, 0.5) is 0 Å². The zero-order valence-corrected chi connectivity index (χ0v) is 8.13. The number of hydrogen-bond donors (Lipinski definition) is 2. The number of methoxy groups -OCH3 is 1. The van der Waals surface area contributed by atoms with Crippen molar-refractivity contribution in [2.75, 3.05) is 13.7 Å². The van der Waals surface area contributed by atoms with Crippen LogP contribution in [0.3, 0.4) is 0 Å². The van der Waals surface area contributed by atoms with Gasteiger partial charge in [0.1, 0.15) is 0 Å². The molecule has 70 valence electrons. The van der Waals surface area contributed by atoms with Crippen molar-refractivity contribution in [2.45, 2.75) is 13.1 Å². The lowest BCUT2D eigenvalue weighted by Gasteiger charge is -2.04. The van der Waals surface area contributed by atoms with E-state index in [9.17, 15) is 4.79 Å². The summed E-state index contributed by atoms with van der Waals surface area (Å²) in [5.74, 6) is -0.299. The highest BCUT2D eigenvalue weighted by Gasteiger charge is 1.98. The molecule has 1 atom stereocenters. The van der Waals surface area contributed by atoms with Crippen molar-refractivity contribution in [3.63, 3.8) is 0 Å². The van der Waals surface area contributed by atoms with E-state index in [0.29, 0.717) is 0 Å². The molecule has 0 radical (unpaired) electrons. The molecule has 0 aliphatic heterocycles. The van der Waals surface area contributed by atoms with Crippen LogP contribution in [0.15, 0.2) is 0 Å². The summed E-state index contributed by atoms with van der Waals surface area (Å²) in [5, 5.41) is 2.70. The fourth-order valence-electron chi connectivity index (χ4n) is 0.316. The highest BCUT2D eigenvalue weighted by Crippen LogP contribution is 1.70. The first kappa shape index (κ1) is 17.2. The van der Waals surface area contributed by atoms with E-state index >= 15 is 0 Å². The molecule has 0 aromatic rings. The minimum Gasteiger partial charge on any atom is -0.468 e. The van der Waals surface area contributed by atoms with Crippen molar-refractivity contribution in [3.8, 4) is 0 Å². The van der Waals surface area contributed by atoms with Gasteiger partial charge in [0, 0.05) is 0 Å². The average Bonchev–Trinajstić information content (AvgIpc) is 1.83. The normalized spacial score (nSPS) is 10.5. The predicted molar refractivity (Wildman–Crippen MR) is 48.2 cm³/mol. The largest absolute Gasteiger partial charge is 0.468 e. The number of nitrogens with two attached hydrogens (primary N) is 1. The van der Waals surface area contributed by atoms with Gasteiger partial charge in [-0.3, -0.25) is 10.1 Å². The number of carbonyl (C=O) groups excluding carboxylic acids is 1. The van der Waals surface area contributed by atoms with Crippen LogP contribution in [0.5, 0.6) is 0 Å². The quantitative estimate of drug-likeness (QED) is 0.498. The second-order valence-corrected chi connectivity index (χ2v) is 1.75. The van der Waals surface area contributed by atoms with E-state index in [4.69, 9.17) is 5.73 Å². The summed E-state index contributed by atoms with van der Waals surface area (Å²) >= 11 is 0. The minimum atomic E-state index is -0.299. The minimum absolute atomic E-state index is 0. The first-order valence-electron chi connectivity index (χ1n) is 2.72. The Bertz CT molecular complexity index is 100. The van der Waals surface area contributed by atoms with Crippen molar-refractivity contribution in [1.29, 1.82) is 0 Å². The van der Waals surface area contributed by atoms with Gasteiger partial charge >= 0.3 is 5.97 Å². The smallest absolute Gasteiger partial charge is 0.319 e. The molecule has 0 heterocycles. The molecule has 0 aromatic heterocycles. The van der Waals surface area contributed by atoms with Gasteiger partial charge in [-0.15, -0.1) is 24.8 Å². The third-order valence-electron chi connectivity index (χ3n) is 0.796. The summed E-state index contributed by atoms with van der Waals surface area (Å²) in [6.45, 7) is 1.93. The highest BCUT2D eigenvalue weighted by atomic mass is 35.5.